The van der Waals surface area contributed by atoms with E-state index in [4.69, 9.17) is 0 Å². The molecule has 0 saturated carbocycles. The van der Waals surface area contributed by atoms with Crippen molar-refractivity contribution in [2.75, 3.05) is 0 Å². The van der Waals surface area contributed by atoms with Gasteiger partial charge >= 0.3 is 5.97 Å². The van der Waals surface area contributed by atoms with E-state index in [0.29, 0.717) is 10.9 Å². The number of aromatic nitrogens is 1. The smallest absolute Gasteiger partial charge is 0.337 e. The Kier molecular flexibility index (Phi) is 3.54. The van der Waals surface area contributed by atoms with E-state index in [1.54, 1.807) is 36.4 Å². The van der Waals surface area contributed by atoms with Crippen LogP contribution >= 0.6 is 15.9 Å². The highest BCUT2D eigenvalue weighted by Crippen LogP contribution is 2.26. The van der Waals surface area contributed by atoms with Crippen LogP contribution in [-0.2, 0) is 10.0 Å². The monoisotopic (exact) mass is 379 g/mol. The number of fused-ring (bicyclic) bond motifs is 1. The SMILES string of the molecule is O=C(O)c1cn(S(=O)(=O)c2ccc(Br)cc2)c2ccccc12. The zero-order chi connectivity index (χ0) is 15.9. The van der Waals surface area contributed by atoms with Crippen molar-refractivity contribution in [3.8, 4) is 0 Å². The second kappa shape index (κ2) is 5.26. The molecular weight excluding hydrogens is 370 g/mol. The third kappa shape index (κ3) is 2.32. The highest BCUT2D eigenvalue weighted by molar-refractivity contribution is 9.10. The minimum atomic E-state index is -3.86. The van der Waals surface area contributed by atoms with Gasteiger partial charge in [-0.1, -0.05) is 34.1 Å². The van der Waals surface area contributed by atoms with Crippen LogP contribution in [0.1, 0.15) is 10.4 Å². The van der Waals surface area contributed by atoms with Gasteiger partial charge in [-0.2, -0.15) is 0 Å². The van der Waals surface area contributed by atoms with E-state index in [-0.39, 0.29) is 10.5 Å². The van der Waals surface area contributed by atoms with E-state index in [2.05, 4.69) is 15.9 Å². The number of hydrogen-bond donors (Lipinski definition) is 1. The maximum atomic E-state index is 12.7. The maximum absolute atomic E-state index is 12.7. The van der Waals surface area contributed by atoms with Crippen LogP contribution in [0.3, 0.4) is 0 Å². The van der Waals surface area contributed by atoms with Crippen LogP contribution in [0.15, 0.2) is 64.1 Å². The van der Waals surface area contributed by atoms with Crippen molar-refractivity contribution in [2.24, 2.45) is 0 Å². The molecule has 0 atom stereocenters. The Morgan fingerprint density at radius 1 is 1.05 bits per heavy atom. The molecule has 0 aliphatic carbocycles. The van der Waals surface area contributed by atoms with Gasteiger partial charge < -0.3 is 5.11 Å². The molecule has 3 rings (SSSR count). The fourth-order valence-corrected chi connectivity index (χ4v) is 3.87. The van der Waals surface area contributed by atoms with E-state index in [0.717, 1.165) is 14.6 Å². The van der Waals surface area contributed by atoms with Gasteiger partial charge in [0.25, 0.3) is 10.0 Å². The molecule has 5 nitrogen and oxygen atoms in total. The molecule has 0 aliphatic heterocycles. The van der Waals surface area contributed by atoms with Crippen LogP contribution in [-0.4, -0.2) is 23.5 Å². The van der Waals surface area contributed by atoms with E-state index in [1.807, 2.05) is 0 Å². The molecule has 7 heteroatoms. The molecule has 1 N–H and O–H groups in total. The summed E-state index contributed by atoms with van der Waals surface area (Å²) in [5, 5.41) is 9.64. The molecular formula is C15H10BrNO4S. The predicted molar refractivity (Wildman–Crippen MR) is 85.6 cm³/mol. The van der Waals surface area contributed by atoms with Gasteiger partial charge in [-0.3, -0.25) is 0 Å². The number of hydrogen-bond acceptors (Lipinski definition) is 3. The maximum Gasteiger partial charge on any atom is 0.337 e. The highest BCUT2D eigenvalue weighted by Gasteiger charge is 2.23. The molecule has 22 heavy (non-hydrogen) atoms. The normalized spacial score (nSPS) is 11.7. The molecule has 112 valence electrons. The lowest BCUT2D eigenvalue weighted by molar-refractivity contribution is 0.0699. The lowest BCUT2D eigenvalue weighted by atomic mass is 10.2. The van der Waals surface area contributed by atoms with Gasteiger partial charge in [-0.05, 0) is 30.3 Å². The Hall–Kier alpha value is -2.12. The van der Waals surface area contributed by atoms with Crippen molar-refractivity contribution in [1.29, 1.82) is 0 Å². The van der Waals surface area contributed by atoms with Crippen molar-refractivity contribution in [3.63, 3.8) is 0 Å². The molecule has 1 aromatic heterocycles. The zero-order valence-electron chi connectivity index (χ0n) is 11.1. The molecule has 3 aromatic rings. The summed E-state index contributed by atoms with van der Waals surface area (Å²) in [6, 6.07) is 12.7. The van der Waals surface area contributed by atoms with Crippen molar-refractivity contribution >= 4 is 42.8 Å². The Labute approximate surface area is 135 Å². The van der Waals surface area contributed by atoms with E-state index in [1.165, 1.54) is 12.1 Å². The van der Waals surface area contributed by atoms with Crippen LogP contribution in [0.5, 0.6) is 0 Å². The standard InChI is InChI=1S/C15H10BrNO4S/c16-10-5-7-11(8-6-10)22(20,21)17-9-13(15(18)19)12-3-1-2-4-14(12)17/h1-9H,(H,18,19). The van der Waals surface area contributed by atoms with E-state index >= 15 is 0 Å². The molecule has 0 aliphatic rings. The summed E-state index contributed by atoms with van der Waals surface area (Å²) in [6.45, 7) is 0. The van der Waals surface area contributed by atoms with Crippen molar-refractivity contribution < 1.29 is 18.3 Å². The van der Waals surface area contributed by atoms with Crippen molar-refractivity contribution in [2.45, 2.75) is 4.90 Å². The first-order chi connectivity index (χ1) is 10.4. The molecule has 0 spiro atoms. The average Bonchev–Trinajstić information content (AvgIpc) is 2.88. The fourth-order valence-electron chi connectivity index (χ4n) is 2.24. The Morgan fingerprint density at radius 2 is 1.68 bits per heavy atom. The topological polar surface area (TPSA) is 76.4 Å². The number of halogens is 1. The van der Waals surface area contributed by atoms with Crippen LogP contribution in [0.25, 0.3) is 10.9 Å². The molecule has 0 unspecified atom stereocenters. The van der Waals surface area contributed by atoms with Crippen LogP contribution in [0.4, 0.5) is 0 Å². The van der Waals surface area contributed by atoms with Crippen molar-refractivity contribution in [1.82, 2.24) is 3.97 Å². The van der Waals surface area contributed by atoms with Gasteiger partial charge in [0.2, 0.25) is 0 Å². The zero-order valence-corrected chi connectivity index (χ0v) is 13.5. The minimum absolute atomic E-state index is 0.0451. The van der Waals surface area contributed by atoms with Gasteiger partial charge in [0.05, 0.1) is 16.0 Å². The molecule has 0 radical (unpaired) electrons. The largest absolute Gasteiger partial charge is 0.478 e. The summed E-state index contributed by atoms with van der Waals surface area (Å²) >= 11 is 3.25. The highest BCUT2D eigenvalue weighted by atomic mass is 79.9. The van der Waals surface area contributed by atoms with Gasteiger partial charge in [0, 0.05) is 16.1 Å². The molecule has 0 bridgehead atoms. The van der Waals surface area contributed by atoms with E-state index in [9.17, 15) is 18.3 Å². The van der Waals surface area contributed by atoms with Crippen LogP contribution in [0, 0.1) is 0 Å². The Balaban J connectivity index is 2.30. The summed E-state index contributed by atoms with van der Waals surface area (Å²) in [7, 11) is -3.86. The second-order valence-electron chi connectivity index (χ2n) is 4.62. The number of carboxylic acids is 1. The number of carboxylic acid groups (broad SMARTS) is 1. The predicted octanol–water partition coefficient (Wildman–Crippen LogP) is 3.34. The number of para-hydroxylation sites is 1. The second-order valence-corrected chi connectivity index (χ2v) is 7.35. The lowest BCUT2D eigenvalue weighted by Crippen LogP contribution is -2.11. The van der Waals surface area contributed by atoms with Gasteiger partial charge in [0.1, 0.15) is 0 Å². The van der Waals surface area contributed by atoms with Crippen LogP contribution in [0.2, 0.25) is 0 Å². The summed E-state index contributed by atoms with van der Waals surface area (Å²) < 4.78 is 27.3. The molecule has 2 aromatic carbocycles. The Bertz CT molecular complexity index is 974. The van der Waals surface area contributed by atoms with Crippen LogP contribution < -0.4 is 0 Å². The summed E-state index contributed by atoms with van der Waals surface area (Å²) in [6.07, 6.45) is 1.14. The quantitative estimate of drug-likeness (QED) is 0.756. The van der Waals surface area contributed by atoms with Gasteiger partial charge in [-0.15, -0.1) is 0 Å². The third-order valence-electron chi connectivity index (χ3n) is 3.28. The summed E-state index contributed by atoms with van der Waals surface area (Å²) in [4.78, 5) is 11.4. The molecule has 0 fully saturated rings. The van der Waals surface area contributed by atoms with Gasteiger partial charge in [-0.25, -0.2) is 17.2 Å². The fraction of sp³-hybridized carbons (Fsp3) is 0. The molecule has 0 amide bonds. The van der Waals surface area contributed by atoms with Crippen molar-refractivity contribution in [3.05, 3.63) is 64.8 Å². The Morgan fingerprint density at radius 3 is 2.32 bits per heavy atom. The number of aromatic carboxylic acids is 1. The van der Waals surface area contributed by atoms with Gasteiger partial charge in [0.15, 0.2) is 0 Å². The summed E-state index contributed by atoms with van der Waals surface area (Å²) in [5.41, 5.74) is 0.291. The first kappa shape index (κ1) is 14.8. The molecule has 0 saturated heterocycles. The number of benzene rings is 2. The average molecular weight is 380 g/mol. The first-order valence-electron chi connectivity index (χ1n) is 6.26. The third-order valence-corrected chi connectivity index (χ3v) is 5.50. The number of rotatable bonds is 3. The summed E-state index contributed by atoms with van der Waals surface area (Å²) in [5.74, 6) is -1.17. The number of nitrogens with zero attached hydrogens (tertiary/aromatic N) is 1. The minimum Gasteiger partial charge on any atom is -0.478 e. The number of carbonyl (C=O) groups is 1. The molecule has 1 heterocycles. The van der Waals surface area contributed by atoms with E-state index < -0.39 is 16.0 Å². The first-order valence-corrected chi connectivity index (χ1v) is 8.49. The lowest BCUT2D eigenvalue weighted by Gasteiger charge is -2.07.